The van der Waals surface area contributed by atoms with E-state index in [4.69, 9.17) is 4.74 Å². The maximum atomic E-state index is 12.9. The zero-order valence-corrected chi connectivity index (χ0v) is 15.1. The monoisotopic (exact) mass is 343 g/mol. The van der Waals surface area contributed by atoms with E-state index in [1.807, 2.05) is 0 Å². The molecule has 1 aliphatic carbocycles. The number of ether oxygens (including phenoxy) is 1. The van der Waals surface area contributed by atoms with Crippen molar-refractivity contribution in [2.45, 2.75) is 70.8 Å². The highest BCUT2D eigenvalue weighted by atomic mass is 16.6. The number of amides is 2. The Kier molecular flexibility index (Phi) is 4.67. The summed E-state index contributed by atoms with van der Waals surface area (Å²) in [4.78, 5) is 38.7. The van der Waals surface area contributed by atoms with Crippen molar-refractivity contribution < 1.29 is 19.1 Å². The van der Waals surface area contributed by atoms with Crippen molar-refractivity contribution in [3.63, 3.8) is 0 Å². The number of anilines is 1. The molecular formula is C20H25NO4. The topological polar surface area (TPSA) is 63.7 Å². The third kappa shape index (κ3) is 3.08. The van der Waals surface area contributed by atoms with E-state index in [0.717, 1.165) is 30.6 Å². The summed E-state index contributed by atoms with van der Waals surface area (Å²) >= 11 is 0. The lowest BCUT2D eigenvalue weighted by molar-refractivity contribution is -0.121. The Labute approximate surface area is 148 Å². The summed E-state index contributed by atoms with van der Waals surface area (Å²) in [5.41, 5.74) is 0.954. The Morgan fingerprint density at radius 3 is 2.52 bits per heavy atom. The zero-order chi connectivity index (χ0) is 18.2. The van der Waals surface area contributed by atoms with Crippen LogP contribution >= 0.6 is 0 Å². The second-order valence-electron chi connectivity index (χ2n) is 7.42. The van der Waals surface area contributed by atoms with Crippen molar-refractivity contribution in [2.75, 3.05) is 4.90 Å². The quantitative estimate of drug-likeness (QED) is 0.764. The number of nitrogens with zero attached hydrogens (tertiary/aromatic N) is 1. The Hall–Kier alpha value is -2.17. The van der Waals surface area contributed by atoms with E-state index in [2.05, 4.69) is 0 Å². The van der Waals surface area contributed by atoms with Gasteiger partial charge in [-0.1, -0.05) is 13.3 Å². The smallest absolute Gasteiger partial charge is 0.421 e. The highest BCUT2D eigenvalue weighted by Crippen LogP contribution is 2.42. The van der Waals surface area contributed by atoms with Gasteiger partial charge in [0.15, 0.2) is 5.78 Å². The van der Waals surface area contributed by atoms with Gasteiger partial charge >= 0.3 is 6.09 Å². The highest BCUT2D eigenvalue weighted by molar-refractivity contribution is 6.21. The summed E-state index contributed by atoms with van der Waals surface area (Å²) in [7, 11) is 0. The average Bonchev–Trinajstić information content (AvgIpc) is 2.81. The molecule has 0 unspecified atom stereocenters. The lowest BCUT2D eigenvalue weighted by atomic mass is 9.85. The van der Waals surface area contributed by atoms with Crippen LogP contribution in [0.15, 0.2) is 18.2 Å². The Morgan fingerprint density at radius 1 is 1.20 bits per heavy atom. The molecule has 1 heterocycles. The van der Waals surface area contributed by atoms with Crippen molar-refractivity contribution in [1.82, 2.24) is 0 Å². The lowest BCUT2D eigenvalue weighted by Gasteiger charge is -2.25. The van der Waals surface area contributed by atoms with Gasteiger partial charge in [0.1, 0.15) is 6.10 Å². The standard InChI is InChI=1S/C20H25NO4/c1-4-17(22)13-10-11-16-15(12-13)20(2,3)18(23)21(16)19(24)25-14-8-6-5-7-9-14/h10-12,14H,4-9H2,1-3H3. The van der Waals surface area contributed by atoms with Crippen molar-refractivity contribution in [2.24, 2.45) is 0 Å². The van der Waals surface area contributed by atoms with Gasteiger partial charge in [0.05, 0.1) is 11.1 Å². The van der Waals surface area contributed by atoms with Crippen LogP contribution in [0, 0.1) is 0 Å². The normalized spacial score (nSPS) is 19.6. The number of fused-ring (bicyclic) bond motifs is 1. The third-order valence-corrected chi connectivity index (χ3v) is 5.29. The number of rotatable bonds is 3. The molecular weight excluding hydrogens is 318 g/mol. The Bertz CT molecular complexity index is 716. The van der Waals surface area contributed by atoms with Crippen LogP contribution in [0.5, 0.6) is 0 Å². The third-order valence-electron chi connectivity index (χ3n) is 5.29. The minimum Gasteiger partial charge on any atom is -0.446 e. The molecule has 1 fully saturated rings. The second-order valence-corrected chi connectivity index (χ2v) is 7.42. The number of carbonyl (C=O) groups excluding carboxylic acids is 3. The molecule has 0 atom stereocenters. The van der Waals surface area contributed by atoms with Gasteiger partial charge in [0, 0.05) is 12.0 Å². The van der Waals surface area contributed by atoms with Crippen LogP contribution in [0.4, 0.5) is 10.5 Å². The van der Waals surface area contributed by atoms with Crippen LogP contribution < -0.4 is 4.90 Å². The summed E-state index contributed by atoms with van der Waals surface area (Å²) in [5.74, 6) is -0.279. The van der Waals surface area contributed by atoms with Crippen LogP contribution in [-0.4, -0.2) is 23.9 Å². The van der Waals surface area contributed by atoms with Gasteiger partial charge in [-0.3, -0.25) is 9.59 Å². The molecule has 0 aromatic heterocycles. The molecule has 134 valence electrons. The average molecular weight is 343 g/mol. The molecule has 0 bridgehead atoms. The number of hydrogen-bond donors (Lipinski definition) is 0. The summed E-state index contributed by atoms with van der Waals surface area (Å²) in [6, 6.07) is 5.11. The molecule has 1 saturated carbocycles. The molecule has 0 radical (unpaired) electrons. The first-order chi connectivity index (χ1) is 11.9. The van der Waals surface area contributed by atoms with Gasteiger partial charge in [-0.2, -0.15) is 0 Å². The van der Waals surface area contributed by atoms with Crippen molar-refractivity contribution in [1.29, 1.82) is 0 Å². The maximum absolute atomic E-state index is 12.9. The van der Waals surface area contributed by atoms with Crippen molar-refractivity contribution in [3.05, 3.63) is 29.3 Å². The van der Waals surface area contributed by atoms with Gasteiger partial charge in [-0.15, -0.1) is 0 Å². The Balaban J connectivity index is 1.90. The molecule has 1 aliphatic heterocycles. The molecule has 0 saturated heterocycles. The molecule has 5 nitrogen and oxygen atoms in total. The molecule has 0 spiro atoms. The largest absolute Gasteiger partial charge is 0.446 e. The molecule has 5 heteroatoms. The molecule has 1 aromatic carbocycles. The lowest BCUT2D eigenvalue weighted by Crippen LogP contribution is -2.42. The SMILES string of the molecule is CCC(=O)c1ccc2c(c1)C(C)(C)C(=O)N2C(=O)OC1CCCCC1. The first-order valence-corrected chi connectivity index (χ1v) is 9.09. The number of imide groups is 1. The molecule has 3 rings (SSSR count). The van der Waals surface area contributed by atoms with Gasteiger partial charge < -0.3 is 4.74 Å². The number of Topliss-reactive ketones (excluding diaryl/α,β-unsaturated/α-hetero) is 1. The second kappa shape index (κ2) is 6.62. The van der Waals surface area contributed by atoms with Crippen LogP contribution in [0.2, 0.25) is 0 Å². The van der Waals surface area contributed by atoms with E-state index in [1.165, 1.54) is 6.42 Å². The van der Waals surface area contributed by atoms with Crippen LogP contribution in [-0.2, 0) is 14.9 Å². The summed E-state index contributed by atoms with van der Waals surface area (Å²) in [6.45, 7) is 5.37. The predicted molar refractivity (Wildman–Crippen MR) is 94.9 cm³/mol. The number of ketones is 1. The number of carbonyl (C=O) groups is 3. The fraction of sp³-hybridized carbons (Fsp3) is 0.550. The Morgan fingerprint density at radius 2 is 1.88 bits per heavy atom. The molecule has 0 N–H and O–H groups in total. The molecule has 2 aliphatic rings. The highest BCUT2D eigenvalue weighted by Gasteiger charge is 2.48. The summed E-state index contributed by atoms with van der Waals surface area (Å²) < 4.78 is 5.59. The van der Waals surface area contributed by atoms with E-state index in [1.54, 1.807) is 39.0 Å². The van der Waals surface area contributed by atoms with Gasteiger partial charge in [0.2, 0.25) is 5.91 Å². The molecule has 2 amide bonds. The minimum atomic E-state index is -0.856. The van der Waals surface area contributed by atoms with Crippen LogP contribution in [0.3, 0.4) is 0 Å². The summed E-state index contributed by atoms with van der Waals surface area (Å²) in [5, 5.41) is 0. The first-order valence-electron chi connectivity index (χ1n) is 9.09. The first kappa shape index (κ1) is 17.6. The number of hydrogen-bond acceptors (Lipinski definition) is 4. The zero-order valence-electron chi connectivity index (χ0n) is 15.1. The fourth-order valence-corrected chi connectivity index (χ4v) is 3.67. The molecule has 25 heavy (non-hydrogen) atoms. The van der Waals surface area contributed by atoms with E-state index in [-0.39, 0.29) is 17.8 Å². The van der Waals surface area contributed by atoms with Crippen molar-refractivity contribution >= 4 is 23.5 Å². The molecule has 1 aromatic rings. The predicted octanol–water partition coefficient (Wildman–Crippen LogP) is 4.37. The van der Waals surface area contributed by atoms with E-state index < -0.39 is 11.5 Å². The summed E-state index contributed by atoms with van der Waals surface area (Å²) in [6.07, 6.45) is 4.68. The minimum absolute atomic E-state index is 0.0225. The van der Waals surface area contributed by atoms with Gasteiger partial charge in [0.25, 0.3) is 0 Å². The van der Waals surface area contributed by atoms with Crippen LogP contribution in [0.25, 0.3) is 0 Å². The van der Waals surface area contributed by atoms with E-state index >= 15 is 0 Å². The van der Waals surface area contributed by atoms with Gasteiger partial charge in [-0.25, -0.2) is 9.69 Å². The van der Waals surface area contributed by atoms with E-state index in [0.29, 0.717) is 23.2 Å². The van der Waals surface area contributed by atoms with Gasteiger partial charge in [-0.05, 0) is 63.3 Å². The maximum Gasteiger partial charge on any atom is 0.421 e. The van der Waals surface area contributed by atoms with E-state index in [9.17, 15) is 14.4 Å². The number of benzene rings is 1. The van der Waals surface area contributed by atoms with Crippen LogP contribution in [0.1, 0.15) is 75.2 Å². The van der Waals surface area contributed by atoms with Crippen molar-refractivity contribution in [3.8, 4) is 0 Å². The fourth-order valence-electron chi connectivity index (χ4n) is 3.67.